The van der Waals surface area contributed by atoms with Crippen LogP contribution >= 0.6 is 0 Å². The molecule has 1 aromatic rings. The monoisotopic (exact) mass is 266 g/mol. The van der Waals surface area contributed by atoms with Crippen LogP contribution in [0.4, 0.5) is 19.0 Å². The van der Waals surface area contributed by atoms with E-state index in [0.29, 0.717) is 6.07 Å². The van der Waals surface area contributed by atoms with Gasteiger partial charge in [0.25, 0.3) is 0 Å². The molecular formula is C8H5F3N2O5. The molecule has 1 rings (SSSR count). The highest BCUT2D eigenvalue weighted by molar-refractivity contribution is 5.92. The number of hydrogen-bond acceptors (Lipinski definition) is 5. The van der Waals surface area contributed by atoms with Crippen molar-refractivity contribution in [3.8, 4) is 5.75 Å². The normalized spacial score (nSPS) is 11.1. The van der Waals surface area contributed by atoms with Gasteiger partial charge in [0.2, 0.25) is 0 Å². The first kappa shape index (κ1) is 13.7. The molecule has 0 aromatic carbocycles. The average molecular weight is 266 g/mol. The Morgan fingerprint density at radius 3 is 2.50 bits per heavy atom. The van der Waals surface area contributed by atoms with Crippen LogP contribution in [0, 0.1) is 17.0 Å². The SMILES string of the molecule is Cc1nc([N+](=O)[O-])cc(OC(F)(F)F)c1C(=O)O. The number of carboxylic acid groups (broad SMARTS) is 1. The van der Waals surface area contributed by atoms with Gasteiger partial charge in [0.15, 0.2) is 11.4 Å². The highest BCUT2D eigenvalue weighted by Crippen LogP contribution is 2.30. The minimum atomic E-state index is -5.16. The molecule has 0 saturated heterocycles. The van der Waals surface area contributed by atoms with Gasteiger partial charge in [-0.3, -0.25) is 0 Å². The fraction of sp³-hybridized carbons (Fsp3) is 0.250. The Morgan fingerprint density at radius 1 is 1.56 bits per heavy atom. The predicted octanol–water partition coefficient (Wildman–Crippen LogP) is 1.90. The van der Waals surface area contributed by atoms with Crippen molar-refractivity contribution in [2.24, 2.45) is 0 Å². The lowest BCUT2D eigenvalue weighted by atomic mass is 10.2. The number of nitrogens with zero attached hydrogens (tertiary/aromatic N) is 2. The third-order valence-corrected chi connectivity index (χ3v) is 1.78. The van der Waals surface area contributed by atoms with Crippen molar-refractivity contribution in [1.82, 2.24) is 4.98 Å². The van der Waals surface area contributed by atoms with Crippen LogP contribution in [-0.2, 0) is 0 Å². The number of ether oxygens (including phenoxy) is 1. The van der Waals surface area contributed by atoms with Gasteiger partial charge in [0.1, 0.15) is 5.56 Å². The van der Waals surface area contributed by atoms with Gasteiger partial charge in [-0.25, -0.2) is 4.79 Å². The van der Waals surface area contributed by atoms with Crippen LogP contribution in [0.25, 0.3) is 0 Å². The maximum atomic E-state index is 12.0. The number of nitro groups is 1. The molecule has 0 atom stereocenters. The molecule has 10 heteroatoms. The van der Waals surface area contributed by atoms with E-state index in [1.54, 1.807) is 0 Å². The Hall–Kier alpha value is -2.39. The van der Waals surface area contributed by atoms with Crippen LogP contribution in [0.15, 0.2) is 6.07 Å². The van der Waals surface area contributed by atoms with Gasteiger partial charge < -0.3 is 20.0 Å². The van der Waals surface area contributed by atoms with Crippen molar-refractivity contribution in [2.75, 3.05) is 0 Å². The second-order valence-corrected chi connectivity index (χ2v) is 3.05. The van der Waals surface area contributed by atoms with E-state index in [1.165, 1.54) is 0 Å². The summed E-state index contributed by atoms with van der Waals surface area (Å²) in [6.45, 7) is 1.03. The average Bonchev–Trinajstić information content (AvgIpc) is 2.12. The van der Waals surface area contributed by atoms with Crippen molar-refractivity contribution < 1.29 is 32.7 Å². The smallest absolute Gasteiger partial charge is 0.477 e. The zero-order valence-electron chi connectivity index (χ0n) is 8.69. The van der Waals surface area contributed by atoms with Crippen molar-refractivity contribution in [1.29, 1.82) is 0 Å². The van der Waals surface area contributed by atoms with E-state index in [2.05, 4.69) is 9.72 Å². The van der Waals surface area contributed by atoms with Gasteiger partial charge in [0.05, 0.1) is 6.07 Å². The molecule has 1 heterocycles. The van der Waals surface area contributed by atoms with Gasteiger partial charge in [-0.05, 0) is 9.91 Å². The molecule has 1 aromatic heterocycles. The number of aromatic carboxylic acids is 1. The minimum Gasteiger partial charge on any atom is -0.477 e. The zero-order valence-corrected chi connectivity index (χ0v) is 8.69. The van der Waals surface area contributed by atoms with Crippen LogP contribution < -0.4 is 4.74 Å². The molecule has 0 unspecified atom stereocenters. The summed E-state index contributed by atoms with van der Waals surface area (Å²) < 4.78 is 39.6. The maximum Gasteiger partial charge on any atom is 0.573 e. The third-order valence-electron chi connectivity index (χ3n) is 1.78. The fourth-order valence-electron chi connectivity index (χ4n) is 1.19. The van der Waals surface area contributed by atoms with Gasteiger partial charge in [-0.1, -0.05) is 0 Å². The van der Waals surface area contributed by atoms with Crippen LogP contribution in [0.3, 0.4) is 0 Å². The molecule has 0 amide bonds. The molecule has 0 aliphatic carbocycles. The van der Waals surface area contributed by atoms with Gasteiger partial charge in [-0.2, -0.15) is 0 Å². The van der Waals surface area contributed by atoms with Crippen LogP contribution in [0.5, 0.6) is 5.75 Å². The minimum absolute atomic E-state index is 0.309. The van der Waals surface area contributed by atoms with Gasteiger partial charge in [0, 0.05) is 6.92 Å². The summed E-state index contributed by atoms with van der Waals surface area (Å²) in [6.07, 6.45) is -5.16. The number of carbonyl (C=O) groups is 1. The molecule has 1 N–H and O–H groups in total. The molecule has 7 nitrogen and oxygen atoms in total. The number of halogens is 3. The summed E-state index contributed by atoms with van der Waals surface area (Å²) in [5.41, 5.74) is -1.33. The number of alkyl halides is 3. The molecule has 18 heavy (non-hydrogen) atoms. The van der Waals surface area contributed by atoms with Crippen LogP contribution in [0.1, 0.15) is 16.1 Å². The fourth-order valence-corrected chi connectivity index (χ4v) is 1.19. The third kappa shape index (κ3) is 3.06. The van der Waals surface area contributed by atoms with E-state index in [9.17, 15) is 28.1 Å². The quantitative estimate of drug-likeness (QED) is 0.662. The zero-order chi connectivity index (χ0) is 14.1. The Morgan fingerprint density at radius 2 is 2.11 bits per heavy atom. The van der Waals surface area contributed by atoms with Gasteiger partial charge in [-0.15, -0.1) is 13.2 Å². The van der Waals surface area contributed by atoms with E-state index < -0.39 is 40.1 Å². The Bertz CT molecular complexity index is 514. The van der Waals surface area contributed by atoms with E-state index in [4.69, 9.17) is 5.11 Å². The molecule has 0 aliphatic rings. The largest absolute Gasteiger partial charge is 0.573 e. The molecule has 0 bridgehead atoms. The van der Waals surface area contributed by atoms with E-state index in [0.717, 1.165) is 6.92 Å². The van der Waals surface area contributed by atoms with E-state index in [1.807, 2.05) is 0 Å². The lowest BCUT2D eigenvalue weighted by Crippen LogP contribution is -2.20. The number of hydrogen-bond donors (Lipinski definition) is 1. The van der Waals surface area contributed by atoms with E-state index in [-0.39, 0.29) is 0 Å². The van der Waals surface area contributed by atoms with Crippen molar-refractivity contribution in [3.05, 3.63) is 27.4 Å². The summed E-state index contributed by atoms with van der Waals surface area (Å²) in [7, 11) is 0. The van der Waals surface area contributed by atoms with E-state index >= 15 is 0 Å². The van der Waals surface area contributed by atoms with Crippen molar-refractivity contribution >= 4 is 11.8 Å². The lowest BCUT2D eigenvalue weighted by Gasteiger charge is -2.11. The number of aromatic nitrogens is 1. The number of aryl methyl sites for hydroxylation is 1. The summed E-state index contributed by atoms with van der Waals surface area (Å²) in [5, 5.41) is 19.1. The molecule has 98 valence electrons. The molecule has 0 saturated carbocycles. The molecule has 0 aliphatic heterocycles. The number of carboxylic acids is 1. The molecule has 0 spiro atoms. The predicted molar refractivity (Wildman–Crippen MR) is 49.3 cm³/mol. The second kappa shape index (κ2) is 4.47. The summed E-state index contributed by atoms with van der Waals surface area (Å²) in [5.74, 6) is -3.83. The standard InChI is InChI=1S/C8H5F3N2O5/c1-3-6(7(14)15)4(18-8(9,10)11)2-5(12-3)13(16)17/h2H,1H3,(H,14,15). The molecule has 0 radical (unpaired) electrons. The Balaban J connectivity index is 3.43. The van der Waals surface area contributed by atoms with Crippen molar-refractivity contribution in [2.45, 2.75) is 13.3 Å². The lowest BCUT2D eigenvalue weighted by molar-refractivity contribution is -0.389. The van der Waals surface area contributed by atoms with Crippen LogP contribution in [-0.4, -0.2) is 27.3 Å². The highest BCUT2D eigenvalue weighted by Gasteiger charge is 2.35. The van der Waals surface area contributed by atoms with Gasteiger partial charge >= 0.3 is 18.1 Å². The van der Waals surface area contributed by atoms with Crippen LogP contribution in [0.2, 0.25) is 0 Å². The highest BCUT2D eigenvalue weighted by atomic mass is 19.4. The topological polar surface area (TPSA) is 103 Å². The molecule has 0 fully saturated rings. The van der Waals surface area contributed by atoms with Crippen molar-refractivity contribution in [3.63, 3.8) is 0 Å². The first-order chi connectivity index (χ1) is 8.11. The number of pyridine rings is 1. The number of rotatable bonds is 3. The summed E-state index contributed by atoms with van der Waals surface area (Å²) in [6, 6.07) is 0.309. The first-order valence-electron chi connectivity index (χ1n) is 4.27. The second-order valence-electron chi connectivity index (χ2n) is 3.05. The maximum absolute atomic E-state index is 12.0. The Kier molecular flexibility index (Phi) is 3.39. The summed E-state index contributed by atoms with van der Waals surface area (Å²) >= 11 is 0. The first-order valence-corrected chi connectivity index (χ1v) is 4.27. The summed E-state index contributed by atoms with van der Waals surface area (Å²) in [4.78, 5) is 23.4. The Labute approximate surface area is 97.0 Å². The molecular weight excluding hydrogens is 261 g/mol.